The van der Waals surface area contributed by atoms with Gasteiger partial charge in [-0.25, -0.2) is 4.98 Å². The molecule has 1 aromatic heterocycles. The second-order valence-electron chi connectivity index (χ2n) is 7.39. The van der Waals surface area contributed by atoms with E-state index in [2.05, 4.69) is 27.3 Å². The molecule has 0 radical (unpaired) electrons. The quantitative estimate of drug-likeness (QED) is 0.737. The van der Waals surface area contributed by atoms with Gasteiger partial charge in [0.15, 0.2) is 11.5 Å². The van der Waals surface area contributed by atoms with Gasteiger partial charge in [-0.1, -0.05) is 23.7 Å². The minimum atomic E-state index is 0.428. The second-order valence-corrected chi connectivity index (χ2v) is 7.78. The Morgan fingerprint density at radius 3 is 2.63 bits per heavy atom. The SMILES string of the molecule is COc1cc(CN[C@@H]2CN3CCC2CC3)ccc1OCc1ccc(Cl)nc1. The smallest absolute Gasteiger partial charge is 0.161 e. The first kappa shape index (κ1) is 18.5. The molecule has 27 heavy (non-hydrogen) atoms. The van der Waals surface area contributed by atoms with Gasteiger partial charge in [0.1, 0.15) is 11.8 Å². The Bertz CT molecular complexity index is 761. The van der Waals surface area contributed by atoms with Gasteiger partial charge in [0, 0.05) is 30.9 Å². The largest absolute Gasteiger partial charge is 0.493 e. The van der Waals surface area contributed by atoms with Crippen molar-refractivity contribution in [2.75, 3.05) is 26.7 Å². The van der Waals surface area contributed by atoms with Crippen molar-refractivity contribution in [3.8, 4) is 11.5 Å². The zero-order valence-corrected chi connectivity index (χ0v) is 16.4. The van der Waals surface area contributed by atoms with Gasteiger partial charge in [0.25, 0.3) is 0 Å². The van der Waals surface area contributed by atoms with Crippen molar-refractivity contribution in [3.63, 3.8) is 0 Å². The molecule has 2 aromatic rings. The highest BCUT2D eigenvalue weighted by atomic mass is 35.5. The van der Waals surface area contributed by atoms with Gasteiger partial charge in [-0.3, -0.25) is 0 Å². The number of rotatable bonds is 7. The molecular formula is C21H26ClN3O2. The first-order chi connectivity index (χ1) is 13.2. The summed E-state index contributed by atoms with van der Waals surface area (Å²) in [6, 6.07) is 10.4. The number of hydrogen-bond acceptors (Lipinski definition) is 5. The van der Waals surface area contributed by atoms with Crippen LogP contribution in [0.2, 0.25) is 5.15 Å². The summed E-state index contributed by atoms with van der Waals surface area (Å²) in [5, 5.41) is 4.23. The molecule has 3 fully saturated rings. The third-order valence-corrected chi connectivity index (χ3v) is 5.86. The van der Waals surface area contributed by atoms with Crippen molar-refractivity contribution < 1.29 is 9.47 Å². The molecule has 2 bridgehead atoms. The van der Waals surface area contributed by atoms with Gasteiger partial charge < -0.3 is 19.7 Å². The van der Waals surface area contributed by atoms with Crippen molar-refractivity contribution in [2.24, 2.45) is 5.92 Å². The fraction of sp³-hybridized carbons (Fsp3) is 0.476. The van der Waals surface area contributed by atoms with Gasteiger partial charge in [0.2, 0.25) is 0 Å². The third kappa shape index (κ3) is 4.54. The zero-order chi connectivity index (χ0) is 18.6. The summed E-state index contributed by atoms with van der Waals surface area (Å²) in [5.74, 6) is 2.32. The molecule has 5 rings (SSSR count). The van der Waals surface area contributed by atoms with Gasteiger partial charge in [0.05, 0.1) is 7.11 Å². The van der Waals surface area contributed by atoms with Gasteiger partial charge in [-0.2, -0.15) is 0 Å². The zero-order valence-electron chi connectivity index (χ0n) is 15.7. The number of methoxy groups -OCH3 is 1. The molecule has 4 heterocycles. The summed E-state index contributed by atoms with van der Waals surface area (Å²) in [6.07, 6.45) is 4.38. The molecule has 3 saturated heterocycles. The molecule has 0 saturated carbocycles. The average Bonchev–Trinajstić information content (AvgIpc) is 2.73. The Labute approximate surface area is 165 Å². The van der Waals surface area contributed by atoms with Crippen molar-refractivity contribution in [2.45, 2.75) is 32.0 Å². The molecular weight excluding hydrogens is 362 g/mol. The normalized spacial score (nSPS) is 24.0. The topological polar surface area (TPSA) is 46.6 Å². The Hall–Kier alpha value is -1.82. The van der Waals surface area contributed by atoms with Crippen LogP contribution < -0.4 is 14.8 Å². The van der Waals surface area contributed by atoms with E-state index in [1.165, 1.54) is 38.0 Å². The minimum Gasteiger partial charge on any atom is -0.493 e. The summed E-state index contributed by atoms with van der Waals surface area (Å²) in [5.41, 5.74) is 2.18. The van der Waals surface area contributed by atoms with Crippen LogP contribution >= 0.6 is 11.6 Å². The first-order valence-electron chi connectivity index (χ1n) is 9.57. The van der Waals surface area contributed by atoms with Crippen molar-refractivity contribution in [3.05, 3.63) is 52.8 Å². The van der Waals surface area contributed by atoms with E-state index < -0.39 is 0 Å². The molecule has 0 spiro atoms. The summed E-state index contributed by atoms with van der Waals surface area (Å²) >= 11 is 5.82. The van der Waals surface area contributed by atoms with Crippen LogP contribution in [0.4, 0.5) is 0 Å². The van der Waals surface area contributed by atoms with Gasteiger partial charge >= 0.3 is 0 Å². The third-order valence-electron chi connectivity index (χ3n) is 5.64. The number of aromatic nitrogens is 1. The highest BCUT2D eigenvalue weighted by molar-refractivity contribution is 6.29. The maximum absolute atomic E-state index is 5.91. The number of piperidine rings is 3. The lowest BCUT2D eigenvalue weighted by Gasteiger charge is -2.45. The maximum atomic E-state index is 5.91. The van der Waals surface area contributed by atoms with Crippen LogP contribution in [0.25, 0.3) is 0 Å². The van der Waals surface area contributed by atoms with Crippen molar-refractivity contribution in [1.29, 1.82) is 0 Å². The van der Waals surface area contributed by atoms with Crippen molar-refractivity contribution in [1.82, 2.24) is 15.2 Å². The number of nitrogens with zero attached hydrogens (tertiary/aromatic N) is 2. The monoisotopic (exact) mass is 387 g/mol. The number of pyridine rings is 1. The molecule has 6 heteroatoms. The molecule has 3 aliphatic heterocycles. The lowest BCUT2D eigenvalue weighted by atomic mass is 9.84. The van der Waals surface area contributed by atoms with Crippen LogP contribution in [0.5, 0.6) is 11.5 Å². The molecule has 3 aliphatic rings. The molecule has 1 aromatic carbocycles. The van der Waals surface area contributed by atoms with Crippen LogP contribution in [-0.2, 0) is 13.2 Å². The van der Waals surface area contributed by atoms with E-state index in [1.807, 2.05) is 12.1 Å². The summed E-state index contributed by atoms with van der Waals surface area (Å²) in [6.45, 7) is 5.00. The van der Waals surface area contributed by atoms with Crippen LogP contribution in [0.1, 0.15) is 24.0 Å². The van der Waals surface area contributed by atoms with E-state index in [4.69, 9.17) is 21.1 Å². The highest BCUT2D eigenvalue weighted by Crippen LogP contribution is 2.30. The minimum absolute atomic E-state index is 0.428. The molecule has 0 amide bonds. The van der Waals surface area contributed by atoms with E-state index in [1.54, 1.807) is 19.4 Å². The summed E-state index contributed by atoms with van der Waals surface area (Å²) in [7, 11) is 1.68. The van der Waals surface area contributed by atoms with E-state index in [-0.39, 0.29) is 0 Å². The fourth-order valence-corrected chi connectivity index (χ4v) is 4.15. The van der Waals surface area contributed by atoms with E-state index >= 15 is 0 Å². The van der Waals surface area contributed by atoms with E-state index in [0.29, 0.717) is 17.8 Å². The first-order valence-corrected chi connectivity index (χ1v) is 9.95. The lowest BCUT2D eigenvalue weighted by molar-refractivity contribution is 0.0720. The standard InChI is InChI=1S/C21H26ClN3O2/c1-26-20-10-15(11-23-18-13-25-8-6-17(18)7-9-25)2-4-19(20)27-14-16-3-5-21(22)24-12-16/h2-5,10,12,17-18,23H,6-9,11,13-14H2,1H3/t18-/m1/s1. The number of benzene rings is 1. The molecule has 5 nitrogen and oxygen atoms in total. The number of hydrogen-bond donors (Lipinski definition) is 1. The highest BCUT2D eigenvalue weighted by Gasteiger charge is 2.33. The predicted octanol–water partition coefficient (Wildman–Crippen LogP) is 3.51. The molecule has 144 valence electrons. The van der Waals surface area contributed by atoms with Gasteiger partial charge in [-0.15, -0.1) is 0 Å². The Kier molecular flexibility index (Phi) is 5.81. The van der Waals surface area contributed by atoms with E-state index in [9.17, 15) is 0 Å². The number of nitrogens with one attached hydrogen (secondary N) is 1. The number of fused-ring (bicyclic) bond motifs is 3. The van der Waals surface area contributed by atoms with Crippen molar-refractivity contribution >= 4 is 11.6 Å². The molecule has 1 N–H and O–H groups in total. The summed E-state index contributed by atoms with van der Waals surface area (Å²) in [4.78, 5) is 6.65. The van der Waals surface area contributed by atoms with Crippen LogP contribution in [0.3, 0.4) is 0 Å². The van der Waals surface area contributed by atoms with Crippen LogP contribution in [0.15, 0.2) is 36.5 Å². The Morgan fingerprint density at radius 2 is 1.96 bits per heavy atom. The van der Waals surface area contributed by atoms with E-state index in [0.717, 1.165) is 29.5 Å². The number of halogens is 1. The maximum Gasteiger partial charge on any atom is 0.161 e. The molecule has 1 atom stereocenters. The average molecular weight is 388 g/mol. The fourth-order valence-electron chi connectivity index (χ4n) is 4.04. The molecule has 0 aliphatic carbocycles. The summed E-state index contributed by atoms with van der Waals surface area (Å²) < 4.78 is 11.4. The predicted molar refractivity (Wildman–Crippen MR) is 106 cm³/mol. The van der Waals surface area contributed by atoms with Gasteiger partial charge in [-0.05, 0) is 55.6 Å². The Morgan fingerprint density at radius 1 is 1.15 bits per heavy atom. The lowest BCUT2D eigenvalue weighted by Crippen LogP contribution is -2.55. The van der Waals surface area contributed by atoms with Crippen LogP contribution in [-0.4, -0.2) is 42.7 Å². The second kappa shape index (κ2) is 8.46. The van der Waals surface area contributed by atoms with Crippen LogP contribution in [0, 0.1) is 5.92 Å². The Balaban J connectivity index is 1.35. The molecule has 0 unspecified atom stereocenters. The number of ether oxygens (including phenoxy) is 2.